The van der Waals surface area contributed by atoms with E-state index in [9.17, 15) is 4.79 Å². The highest BCUT2D eigenvalue weighted by Gasteiger charge is 2.25. The van der Waals surface area contributed by atoms with Gasteiger partial charge in [-0.1, -0.05) is 46.6 Å². The van der Waals surface area contributed by atoms with Crippen molar-refractivity contribution in [2.24, 2.45) is 17.3 Å². The van der Waals surface area contributed by atoms with E-state index in [4.69, 9.17) is 4.74 Å². The molecule has 1 aliphatic rings. The molecule has 2 aromatic rings. The van der Waals surface area contributed by atoms with E-state index in [-0.39, 0.29) is 11.3 Å². The molecule has 0 unspecified atom stereocenters. The lowest BCUT2D eigenvalue weighted by molar-refractivity contribution is 0.0935. The Hall–Kier alpha value is -2.30. The summed E-state index contributed by atoms with van der Waals surface area (Å²) in [6.45, 7) is 14.5. The molecule has 5 heteroatoms. The van der Waals surface area contributed by atoms with Crippen LogP contribution in [0.3, 0.4) is 0 Å². The van der Waals surface area contributed by atoms with Crippen molar-refractivity contribution in [1.82, 2.24) is 15.1 Å². The van der Waals surface area contributed by atoms with Crippen molar-refractivity contribution in [2.45, 2.75) is 80.2 Å². The third-order valence-corrected chi connectivity index (χ3v) is 6.65. The van der Waals surface area contributed by atoms with Crippen molar-refractivity contribution < 1.29 is 9.53 Å². The minimum atomic E-state index is -0.0714. The Morgan fingerprint density at radius 3 is 2.50 bits per heavy atom. The van der Waals surface area contributed by atoms with E-state index in [1.54, 1.807) is 7.11 Å². The minimum absolute atomic E-state index is 0.0714. The van der Waals surface area contributed by atoms with Crippen molar-refractivity contribution in [2.75, 3.05) is 13.7 Å². The first-order chi connectivity index (χ1) is 15.1. The van der Waals surface area contributed by atoms with Gasteiger partial charge in [0.05, 0.1) is 12.8 Å². The number of aromatic nitrogens is 2. The van der Waals surface area contributed by atoms with Crippen molar-refractivity contribution in [1.29, 1.82) is 0 Å². The third kappa shape index (κ3) is 5.73. The van der Waals surface area contributed by atoms with E-state index < -0.39 is 0 Å². The van der Waals surface area contributed by atoms with E-state index in [0.29, 0.717) is 18.2 Å². The van der Waals surface area contributed by atoms with Crippen molar-refractivity contribution >= 4 is 5.91 Å². The first kappa shape index (κ1) is 24.3. The molecule has 0 radical (unpaired) electrons. The fraction of sp³-hybridized carbons (Fsp3) is 0.630. The maximum absolute atomic E-state index is 13.0. The van der Waals surface area contributed by atoms with E-state index >= 15 is 0 Å². The van der Waals surface area contributed by atoms with Gasteiger partial charge in [0.1, 0.15) is 5.75 Å². The number of hydrogen-bond donors (Lipinski definition) is 1. The largest absolute Gasteiger partial charge is 0.496 e. The highest BCUT2D eigenvalue weighted by atomic mass is 16.5. The summed E-state index contributed by atoms with van der Waals surface area (Å²) in [7, 11) is 1.71. The molecule has 3 rings (SSSR count). The van der Waals surface area contributed by atoms with Gasteiger partial charge in [-0.05, 0) is 68.1 Å². The number of methoxy groups -OCH3 is 1. The molecule has 5 nitrogen and oxygen atoms in total. The van der Waals surface area contributed by atoms with Crippen LogP contribution in [0.2, 0.25) is 0 Å². The van der Waals surface area contributed by atoms with Gasteiger partial charge in [-0.2, -0.15) is 5.10 Å². The summed E-state index contributed by atoms with van der Waals surface area (Å²) in [5, 5.41) is 7.84. The summed E-state index contributed by atoms with van der Waals surface area (Å²) in [6.07, 6.45) is 5.90. The lowest BCUT2D eigenvalue weighted by Crippen LogP contribution is -2.31. The second-order valence-electron chi connectivity index (χ2n) is 10.7. The van der Waals surface area contributed by atoms with Gasteiger partial charge in [0.15, 0.2) is 5.69 Å². The van der Waals surface area contributed by atoms with Crippen LogP contribution in [-0.4, -0.2) is 29.3 Å². The molecule has 0 saturated heterocycles. The Balaban J connectivity index is 1.84. The second-order valence-corrected chi connectivity index (χ2v) is 10.7. The zero-order valence-corrected chi connectivity index (χ0v) is 21.0. The molecular formula is C27H41N3O2. The van der Waals surface area contributed by atoms with Gasteiger partial charge < -0.3 is 10.1 Å². The summed E-state index contributed by atoms with van der Waals surface area (Å²) in [5.74, 6) is 2.15. The molecule has 1 saturated carbocycles. The van der Waals surface area contributed by atoms with Crippen molar-refractivity contribution in [3.63, 3.8) is 0 Å². The molecular weight excluding hydrogens is 398 g/mol. The molecule has 0 spiro atoms. The summed E-state index contributed by atoms with van der Waals surface area (Å²) < 4.78 is 7.70. The van der Waals surface area contributed by atoms with Crippen LogP contribution in [0.4, 0.5) is 0 Å². The number of carbonyl (C=O) groups is 1. The van der Waals surface area contributed by atoms with Gasteiger partial charge >= 0.3 is 0 Å². The Labute approximate surface area is 193 Å². The van der Waals surface area contributed by atoms with Crippen LogP contribution in [-0.2, 0) is 13.0 Å². The summed E-state index contributed by atoms with van der Waals surface area (Å²) >= 11 is 0. The lowest BCUT2D eigenvalue weighted by atomic mass is 9.83. The van der Waals surface area contributed by atoms with Crippen LogP contribution in [0.5, 0.6) is 5.75 Å². The van der Waals surface area contributed by atoms with E-state index in [2.05, 4.69) is 63.2 Å². The minimum Gasteiger partial charge on any atom is -0.496 e. The highest BCUT2D eigenvalue weighted by Crippen LogP contribution is 2.36. The number of nitrogens with zero attached hydrogens (tertiary/aromatic N) is 2. The molecule has 32 heavy (non-hydrogen) atoms. The van der Waals surface area contributed by atoms with E-state index in [1.165, 1.54) is 31.2 Å². The SMILES string of the molecule is CCn1nc(C(=O)NCC2CCC(C)CC2)c(C)c1-c1ccc(CC(C)(C)C)cc1OC. The number of nitrogens with one attached hydrogen (secondary N) is 1. The molecule has 1 aliphatic carbocycles. The van der Waals surface area contributed by atoms with Crippen LogP contribution >= 0.6 is 0 Å². The Morgan fingerprint density at radius 1 is 1.22 bits per heavy atom. The molecule has 0 atom stereocenters. The van der Waals surface area contributed by atoms with Gasteiger partial charge in [0, 0.05) is 24.2 Å². The smallest absolute Gasteiger partial charge is 0.272 e. The zero-order chi connectivity index (χ0) is 23.5. The average molecular weight is 440 g/mol. The monoisotopic (exact) mass is 439 g/mol. The number of carbonyl (C=O) groups excluding carboxylic acids is 1. The number of hydrogen-bond acceptors (Lipinski definition) is 3. The molecule has 1 heterocycles. The molecule has 0 bridgehead atoms. The van der Waals surface area contributed by atoms with Gasteiger partial charge in [-0.15, -0.1) is 0 Å². The predicted molar refractivity (Wildman–Crippen MR) is 131 cm³/mol. The van der Waals surface area contributed by atoms with E-state index in [0.717, 1.165) is 41.5 Å². The van der Waals surface area contributed by atoms with Crippen molar-refractivity contribution in [3.8, 4) is 17.0 Å². The average Bonchev–Trinajstić information content (AvgIpc) is 3.08. The molecule has 1 fully saturated rings. The molecule has 176 valence electrons. The summed E-state index contributed by atoms with van der Waals surface area (Å²) in [6, 6.07) is 6.40. The quantitative estimate of drug-likeness (QED) is 0.573. The second kappa shape index (κ2) is 10.1. The molecule has 0 aliphatic heterocycles. The maximum atomic E-state index is 13.0. The van der Waals surface area contributed by atoms with Gasteiger partial charge in [-0.3, -0.25) is 9.48 Å². The lowest BCUT2D eigenvalue weighted by Gasteiger charge is -2.26. The Morgan fingerprint density at radius 2 is 1.91 bits per heavy atom. The standard InChI is InChI=1S/C27H41N3O2/c1-8-30-25(22-14-13-21(15-23(22)32-7)16-27(4,5)6)19(3)24(29-30)26(31)28-17-20-11-9-18(2)10-12-20/h13-15,18,20H,8-12,16-17H2,1-7H3,(H,28,31). The normalized spacial score (nSPS) is 19.1. The third-order valence-electron chi connectivity index (χ3n) is 6.65. The molecule has 1 aromatic heterocycles. The number of rotatable bonds is 7. The van der Waals surface area contributed by atoms with Crippen LogP contribution in [0.15, 0.2) is 18.2 Å². The van der Waals surface area contributed by atoms with Crippen LogP contribution in [0.25, 0.3) is 11.3 Å². The maximum Gasteiger partial charge on any atom is 0.272 e. The highest BCUT2D eigenvalue weighted by molar-refractivity contribution is 5.95. The first-order valence-corrected chi connectivity index (χ1v) is 12.2. The van der Waals surface area contributed by atoms with Crippen LogP contribution in [0.1, 0.15) is 81.9 Å². The van der Waals surface area contributed by atoms with Crippen molar-refractivity contribution in [3.05, 3.63) is 35.0 Å². The fourth-order valence-electron chi connectivity index (χ4n) is 4.84. The van der Waals surface area contributed by atoms with Crippen LogP contribution in [0, 0.1) is 24.2 Å². The first-order valence-electron chi connectivity index (χ1n) is 12.2. The molecule has 1 amide bonds. The summed E-state index contributed by atoms with van der Waals surface area (Å²) in [4.78, 5) is 13.0. The number of ether oxygens (including phenoxy) is 1. The molecule has 1 N–H and O–H groups in total. The number of benzene rings is 1. The Bertz CT molecular complexity index is 931. The predicted octanol–water partition coefficient (Wildman–Crippen LogP) is 6.03. The van der Waals surface area contributed by atoms with Gasteiger partial charge in [0.25, 0.3) is 5.91 Å². The van der Waals surface area contributed by atoms with E-state index in [1.807, 2.05) is 11.6 Å². The summed E-state index contributed by atoms with van der Waals surface area (Å²) in [5.41, 5.74) is 4.82. The van der Waals surface area contributed by atoms with Crippen LogP contribution < -0.4 is 10.1 Å². The number of aryl methyl sites for hydroxylation is 1. The topological polar surface area (TPSA) is 56.2 Å². The zero-order valence-electron chi connectivity index (χ0n) is 21.0. The van der Waals surface area contributed by atoms with Gasteiger partial charge in [0.2, 0.25) is 0 Å². The Kier molecular flexibility index (Phi) is 7.68. The van der Waals surface area contributed by atoms with Gasteiger partial charge in [-0.25, -0.2) is 0 Å². The molecule has 1 aromatic carbocycles. The fourth-order valence-corrected chi connectivity index (χ4v) is 4.84. The number of amides is 1.